The molecule has 0 radical (unpaired) electrons. The minimum Gasteiger partial charge on any atom is -0.456 e. The zero-order chi connectivity index (χ0) is 23.3. The predicted molar refractivity (Wildman–Crippen MR) is 115 cm³/mol. The van der Waals surface area contributed by atoms with Crippen LogP contribution >= 0.6 is 23.2 Å². The summed E-state index contributed by atoms with van der Waals surface area (Å²) in [4.78, 5) is 16.6. The molecule has 2 aromatic heterocycles. The van der Waals surface area contributed by atoms with E-state index in [1.54, 1.807) is 45.5 Å². The van der Waals surface area contributed by atoms with Gasteiger partial charge in [0.05, 0.1) is 16.1 Å². The molecule has 3 rings (SSSR count). The molecule has 0 spiro atoms. The molecule has 0 aliphatic heterocycles. The largest absolute Gasteiger partial charge is 0.456 e. The van der Waals surface area contributed by atoms with Crippen molar-refractivity contribution in [3.63, 3.8) is 0 Å². The molecule has 0 saturated carbocycles. The van der Waals surface area contributed by atoms with Gasteiger partial charge in [-0.05, 0) is 51.0 Å². The summed E-state index contributed by atoms with van der Waals surface area (Å²) < 4.78 is 46.7. The summed E-state index contributed by atoms with van der Waals surface area (Å²) in [5.74, 6) is -0.633. The Kier molecular flexibility index (Phi) is 6.06. The Morgan fingerprint density at radius 2 is 1.84 bits per heavy atom. The van der Waals surface area contributed by atoms with Gasteiger partial charge in [0.25, 0.3) is 0 Å². The van der Waals surface area contributed by atoms with E-state index in [1.165, 1.54) is 6.20 Å². The highest BCUT2D eigenvalue weighted by atomic mass is 35.5. The summed E-state index contributed by atoms with van der Waals surface area (Å²) in [6.45, 7) is 6.82. The van der Waals surface area contributed by atoms with Gasteiger partial charge in [-0.2, -0.15) is 13.2 Å². The van der Waals surface area contributed by atoms with Crippen molar-refractivity contribution in [1.82, 2.24) is 9.55 Å². The molecule has 0 atom stereocenters. The number of aryl methyl sites for hydroxylation is 2. The normalized spacial score (nSPS) is 12.5. The molecule has 0 aliphatic rings. The average molecular weight is 473 g/mol. The summed E-state index contributed by atoms with van der Waals surface area (Å²) in [6.07, 6.45) is -1.27. The summed E-state index contributed by atoms with van der Waals surface area (Å²) in [6, 6.07) is 2.23. The fraction of sp³-hybridized carbons (Fsp3) is 0.364. The number of hydrogen-bond acceptors (Lipinski definition) is 3. The van der Waals surface area contributed by atoms with Crippen LogP contribution in [0.2, 0.25) is 10.2 Å². The third-order valence-electron chi connectivity index (χ3n) is 4.74. The first kappa shape index (κ1) is 23.4. The molecule has 9 heteroatoms. The molecule has 0 saturated heterocycles. The molecule has 4 nitrogen and oxygen atoms in total. The second-order valence-electron chi connectivity index (χ2n) is 8.38. The quantitative estimate of drug-likeness (QED) is 0.312. The van der Waals surface area contributed by atoms with Crippen molar-refractivity contribution < 1.29 is 22.7 Å². The summed E-state index contributed by atoms with van der Waals surface area (Å²) >= 11 is 12.8. The molecule has 3 aromatic rings. The average Bonchev–Trinajstić information content (AvgIpc) is 2.92. The highest BCUT2D eigenvalue weighted by molar-refractivity contribution is 6.37. The van der Waals surface area contributed by atoms with Crippen molar-refractivity contribution in [3.8, 4) is 0 Å². The van der Waals surface area contributed by atoms with Crippen molar-refractivity contribution in [3.05, 3.63) is 62.5 Å². The number of carbonyl (C=O) groups excluding carboxylic acids is 1. The number of alkyl halides is 3. The Hall–Kier alpha value is -2.25. The van der Waals surface area contributed by atoms with Gasteiger partial charge in [0.1, 0.15) is 10.8 Å². The SMILES string of the molecule is Cc1cc(C(F)(F)F)cc2c1c(Cc1c(Cl)ncc(C(=O)OC(C)(C)C)c1Cl)cn2C. The van der Waals surface area contributed by atoms with Crippen LogP contribution in [0.3, 0.4) is 0 Å². The van der Waals surface area contributed by atoms with Crippen LogP contribution in [0.1, 0.15) is 53.4 Å². The van der Waals surface area contributed by atoms with E-state index in [0.717, 1.165) is 17.7 Å². The lowest BCUT2D eigenvalue weighted by molar-refractivity contribution is -0.137. The van der Waals surface area contributed by atoms with E-state index in [4.69, 9.17) is 27.9 Å². The van der Waals surface area contributed by atoms with Gasteiger partial charge in [0, 0.05) is 42.3 Å². The molecule has 0 amide bonds. The van der Waals surface area contributed by atoms with Crippen LogP contribution in [0.25, 0.3) is 10.9 Å². The maximum absolute atomic E-state index is 13.2. The fourth-order valence-electron chi connectivity index (χ4n) is 3.46. The second kappa shape index (κ2) is 8.02. The third kappa shape index (κ3) is 4.83. The number of pyridine rings is 1. The predicted octanol–water partition coefficient (Wildman–Crippen LogP) is 6.75. The first-order chi connectivity index (χ1) is 14.2. The van der Waals surface area contributed by atoms with Crippen molar-refractivity contribution in [2.24, 2.45) is 7.05 Å². The maximum Gasteiger partial charge on any atom is 0.416 e. The summed E-state index contributed by atoms with van der Waals surface area (Å²) in [5.41, 5.74) is 0.675. The number of benzene rings is 1. The molecule has 2 heterocycles. The first-order valence-corrected chi connectivity index (χ1v) is 10.2. The van der Waals surface area contributed by atoms with Gasteiger partial charge in [-0.25, -0.2) is 9.78 Å². The zero-order valence-corrected chi connectivity index (χ0v) is 19.1. The summed E-state index contributed by atoms with van der Waals surface area (Å²) in [7, 11) is 1.67. The lowest BCUT2D eigenvalue weighted by atomic mass is 9.99. The molecular weight excluding hydrogens is 452 g/mol. The molecule has 0 unspecified atom stereocenters. The van der Waals surface area contributed by atoms with Crippen molar-refractivity contribution in [2.75, 3.05) is 0 Å². The fourth-order valence-corrected chi connectivity index (χ4v) is 4.00. The standard InChI is InChI=1S/C22H21Cl2F3N2O2/c1-11-6-13(22(25,26)27)8-16-17(11)12(10-29(16)5)7-14-18(23)15(9-28-19(14)24)20(30)31-21(2,3)4/h6,8-10H,7H2,1-5H3. The molecular formula is C22H21Cl2F3N2O2. The number of carbonyl (C=O) groups is 1. The van der Waals surface area contributed by atoms with Crippen LogP contribution in [0.5, 0.6) is 0 Å². The molecule has 31 heavy (non-hydrogen) atoms. The number of hydrogen-bond donors (Lipinski definition) is 0. The molecule has 0 N–H and O–H groups in total. The van der Waals surface area contributed by atoms with Gasteiger partial charge < -0.3 is 9.30 Å². The Bertz CT molecular complexity index is 1180. The maximum atomic E-state index is 13.2. The topological polar surface area (TPSA) is 44.1 Å². The number of aromatic nitrogens is 2. The first-order valence-electron chi connectivity index (χ1n) is 9.41. The van der Waals surface area contributed by atoms with E-state index >= 15 is 0 Å². The highest BCUT2D eigenvalue weighted by Crippen LogP contribution is 2.37. The molecule has 166 valence electrons. The minimum atomic E-state index is -4.44. The Labute approximate surface area is 187 Å². The van der Waals surface area contributed by atoms with E-state index in [9.17, 15) is 18.0 Å². The van der Waals surface area contributed by atoms with Crippen molar-refractivity contribution >= 4 is 40.1 Å². The number of fused-ring (bicyclic) bond motifs is 1. The Morgan fingerprint density at radius 1 is 1.19 bits per heavy atom. The lowest BCUT2D eigenvalue weighted by Gasteiger charge is -2.20. The monoisotopic (exact) mass is 472 g/mol. The van der Waals surface area contributed by atoms with E-state index < -0.39 is 23.3 Å². The van der Waals surface area contributed by atoms with E-state index in [1.807, 2.05) is 0 Å². The van der Waals surface area contributed by atoms with Gasteiger partial charge in [0.2, 0.25) is 0 Å². The molecule has 1 aromatic carbocycles. The van der Waals surface area contributed by atoms with Crippen LogP contribution in [0.15, 0.2) is 24.5 Å². The number of halogens is 5. The van der Waals surface area contributed by atoms with Crippen LogP contribution in [0.4, 0.5) is 13.2 Å². The van der Waals surface area contributed by atoms with Gasteiger partial charge in [-0.15, -0.1) is 0 Å². The third-order valence-corrected chi connectivity index (χ3v) is 5.49. The molecule has 0 bridgehead atoms. The molecule has 0 aliphatic carbocycles. The van der Waals surface area contributed by atoms with Gasteiger partial charge in [0.15, 0.2) is 0 Å². The van der Waals surface area contributed by atoms with Gasteiger partial charge in [-0.1, -0.05) is 23.2 Å². The number of nitrogens with zero attached hydrogens (tertiary/aromatic N) is 2. The Morgan fingerprint density at radius 3 is 2.42 bits per heavy atom. The highest BCUT2D eigenvalue weighted by Gasteiger charge is 2.32. The van der Waals surface area contributed by atoms with E-state index in [0.29, 0.717) is 22.0 Å². The number of esters is 1. The van der Waals surface area contributed by atoms with Crippen LogP contribution in [0, 0.1) is 6.92 Å². The van der Waals surface area contributed by atoms with Crippen LogP contribution < -0.4 is 0 Å². The van der Waals surface area contributed by atoms with Gasteiger partial charge in [-0.3, -0.25) is 0 Å². The van der Waals surface area contributed by atoms with E-state index in [2.05, 4.69) is 4.98 Å². The van der Waals surface area contributed by atoms with Crippen LogP contribution in [-0.2, 0) is 24.4 Å². The lowest BCUT2D eigenvalue weighted by Crippen LogP contribution is -2.24. The van der Waals surface area contributed by atoms with E-state index in [-0.39, 0.29) is 22.2 Å². The van der Waals surface area contributed by atoms with Crippen LogP contribution in [-0.4, -0.2) is 21.1 Å². The molecule has 0 fully saturated rings. The number of ether oxygens (including phenoxy) is 1. The van der Waals surface area contributed by atoms with Gasteiger partial charge >= 0.3 is 12.1 Å². The van der Waals surface area contributed by atoms with Crippen molar-refractivity contribution in [1.29, 1.82) is 0 Å². The van der Waals surface area contributed by atoms with Crippen molar-refractivity contribution in [2.45, 2.75) is 45.9 Å². The second-order valence-corrected chi connectivity index (χ2v) is 9.12. The Balaban J connectivity index is 2.09. The zero-order valence-electron chi connectivity index (χ0n) is 17.6. The number of rotatable bonds is 3. The smallest absolute Gasteiger partial charge is 0.416 e. The minimum absolute atomic E-state index is 0.0762. The summed E-state index contributed by atoms with van der Waals surface area (Å²) in [5, 5.41) is 0.889.